The predicted octanol–water partition coefficient (Wildman–Crippen LogP) is 11.8. The second kappa shape index (κ2) is 10.3. The van der Waals surface area contributed by atoms with E-state index in [-0.39, 0.29) is 16.7 Å². The summed E-state index contributed by atoms with van der Waals surface area (Å²) in [5.41, 5.74) is 18.7. The molecule has 0 heteroatoms. The lowest BCUT2D eigenvalue weighted by Gasteiger charge is -2.24. The molecule has 4 aromatic carbocycles. The van der Waals surface area contributed by atoms with Gasteiger partial charge in [0.25, 0.3) is 0 Å². The van der Waals surface area contributed by atoms with Gasteiger partial charge in [0.15, 0.2) is 0 Å². The predicted molar refractivity (Wildman–Crippen MR) is 183 cm³/mol. The Morgan fingerprint density at radius 1 is 0.643 bits per heavy atom. The molecule has 0 saturated heterocycles. The molecule has 2 aliphatic rings. The van der Waals surface area contributed by atoms with Crippen molar-refractivity contribution in [1.82, 2.24) is 0 Å². The second-order valence-electron chi connectivity index (χ2n) is 14.9. The van der Waals surface area contributed by atoms with Crippen molar-refractivity contribution in [3.8, 4) is 22.3 Å². The van der Waals surface area contributed by atoms with Crippen LogP contribution in [0.5, 0.6) is 0 Å². The zero-order valence-electron chi connectivity index (χ0n) is 27.0. The molecule has 0 bridgehead atoms. The van der Waals surface area contributed by atoms with Crippen LogP contribution in [0.15, 0.2) is 96.1 Å². The Bertz CT molecular complexity index is 1710. The fourth-order valence-corrected chi connectivity index (χ4v) is 7.10. The topological polar surface area (TPSA) is 0 Å². The standard InChI is InChI=1S/C42H46/c1-26(2)36-25-30-12-10-14-34(29-18-22-32(23-19-29)42(7,8)9)39(30)40(36)38-27(3)24-37-33(13-11-15-35(37)38)28-16-20-31(21-17-28)41(4,5)6/h10-24,26,38H,25H2,1-9H3. The summed E-state index contributed by atoms with van der Waals surface area (Å²) in [6, 6.07) is 32.5. The van der Waals surface area contributed by atoms with E-state index in [1.165, 1.54) is 61.2 Å². The SMILES string of the molecule is CC1=Cc2c(-c3ccc(C(C)(C)C)cc3)cccc2C1C1=C(C(C)C)Cc2cccc(-c3ccc(C(C)(C)C)cc3)c21. The molecule has 0 N–H and O–H groups in total. The third kappa shape index (κ3) is 4.90. The maximum Gasteiger partial charge on any atom is 0.0311 e. The van der Waals surface area contributed by atoms with Crippen molar-refractivity contribution in [2.24, 2.45) is 5.92 Å². The minimum Gasteiger partial charge on any atom is -0.0613 e. The van der Waals surface area contributed by atoms with Crippen LogP contribution in [0.1, 0.15) is 102 Å². The van der Waals surface area contributed by atoms with E-state index in [2.05, 4.69) is 153 Å². The molecule has 0 saturated carbocycles. The first-order chi connectivity index (χ1) is 19.8. The number of allylic oxidation sites excluding steroid dienone is 3. The van der Waals surface area contributed by atoms with Crippen LogP contribution in [0.25, 0.3) is 33.9 Å². The van der Waals surface area contributed by atoms with Gasteiger partial charge in [0, 0.05) is 5.92 Å². The maximum absolute atomic E-state index is 2.47. The summed E-state index contributed by atoms with van der Waals surface area (Å²) in [6.45, 7) is 20.8. The van der Waals surface area contributed by atoms with Gasteiger partial charge in [-0.3, -0.25) is 0 Å². The molecule has 0 aromatic heterocycles. The molecule has 0 radical (unpaired) electrons. The number of hydrogen-bond acceptors (Lipinski definition) is 0. The molecule has 2 aliphatic carbocycles. The summed E-state index contributed by atoms with van der Waals surface area (Å²) in [4.78, 5) is 0. The Hall–Kier alpha value is -3.64. The van der Waals surface area contributed by atoms with Crippen LogP contribution in [0.3, 0.4) is 0 Å². The molecular weight excluding hydrogens is 504 g/mol. The summed E-state index contributed by atoms with van der Waals surface area (Å²) in [6.07, 6.45) is 3.51. The Labute approximate surface area is 254 Å². The van der Waals surface area contributed by atoms with Gasteiger partial charge in [0.2, 0.25) is 0 Å². The zero-order chi connectivity index (χ0) is 30.0. The molecule has 0 nitrogen and oxygen atoms in total. The summed E-state index contributed by atoms with van der Waals surface area (Å²) < 4.78 is 0. The van der Waals surface area contributed by atoms with Crippen molar-refractivity contribution in [2.75, 3.05) is 0 Å². The molecule has 0 heterocycles. The highest BCUT2D eigenvalue weighted by atomic mass is 14.4. The van der Waals surface area contributed by atoms with E-state index in [0.717, 1.165) is 6.42 Å². The molecule has 4 aromatic rings. The van der Waals surface area contributed by atoms with Gasteiger partial charge in [-0.1, -0.05) is 158 Å². The van der Waals surface area contributed by atoms with Gasteiger partial charge < -0.3 is 0 Å². The summed E-state index contributed by atoms with van der Waals surface area (Å²) in [5, 5.41) is 0. The van der Waals surface area contributed by atoms with E-state index in [9.17, 15) is 0 Å². The molecule has 0 amide bonds. The monoisotopic (exact) mass is 550 g/mol. The fraction of sp³-hybridized carbons (Fsp3) is 0.333. The number of rotatable bonds is 4. The average molecular weight is 551 g/mol. The fourth-order valence-electron chi connectivity index (χ4n) is 7.10. The van der Waals surface area contributed by atoms with E-state index in [0.29, 0.717) is 5.92 Å². The molecule has 214 valence electrons. The summed E-state index contributed by atoms with van der Waals surface area (Å²) in [7, 11) is 0. The minimum absolute atomic E-state index is 0.146. The lowest BCUT2D eigenvalue weighted by atomic mass is 9.79. The second-order valence-corrected chi connectivity index (χ2v) is 14.9. The van der Waals surface area contributed by atoms with Gasteiger partial charge in [-0.05, 0) is 91.3 Å². The highest BCUT2D eigenvalue weighted by Crippen LogP contribution is 2.54. The molecule has 0 fully saturated rings. The van der Waals surface area contributed by atoms with Crippen LogP contribution in [-0.4, -0.2) is 0 Å². The van der Waals surface area contributed by atoms with Crippen LogP contribution in [0.2, 0.25) is 0 Å². The van der Waals surface area contributed by atoms with Gasteiger partial charge in [-0.15, -0.1) is 0 Å². The molecule has 1 unspecified atom stereocenters. The molecule has 0 spiro atoms. The zero-order valence-corrected chi connectivity index (χ0v) is 27.0. The molecular formula is C42H46. The first-order valence-corrected chi connectivity index (χ1v) is 15.7. The van der Waals surface area contributed by atoms with Gasteiger partial charge >= 0.3 is 0 Å². The lowest BCUT2D eigenvalue weighted by molar-refractivity contribution is 0.590. The van der Waals surface area contributed by atoms with Crippen LogP contribution >= 0.6 is 0 Å². The first-order valence-electron chi connectivity index (χ1n) is 15.7. The van der Waals surface area contributed by atoms with Crippen molar-refractivity contribution >= 4 is 11.6 Å². The Kier molecular flexibility index (Phi) is 6.96. The van der Waals surface area contributed by atoms with Crippen LogP contribution in [0, 0.1) is 5.92 Å². The lowest BCUT2D eigenvalue weighted by Crippen LogP contribution is -2.10. The molecule has 0 aliphatic heterocycles. The van der Waals surface area contributed by atoms with Crippen molar-refractivity contribution in [1.29, 1.82) is 0 Å². The van der Waals surface area contributed by atoms with Gasteiger partial charge in [-0.25, -0.2) is 0 Å². The molecule has 1 atom stereocenters. The van der Waals surface area contributed by atoms with Crippen LogP contribution in [-0.2, 0) is 17.3 Å². The van der Waals surface area contributed by atoms with E-state index >= 15 is 0 Å². The van der Waals surface area contributed by atoms with E-state index in [1.54, 1.807) is 11.1 Å². The summed E-state index contributed by atoms with van der Waals surface area (Å²) in [5.74, 6) is 0.774. The van der Waals surface area contributed by atoms with Crippen molar-refractivity contribution in [3.63, 3.8) is 0 Å². The van der Waals surface area contributed by atoms with E-state index in [4.69, 9.17) is 0 Å². The molecule has 6 rings (SSSR count). The third-order valence-corrected chi connectivity index (χ3v) is 9.53. The third-order valence-electron chi connectivity index (χ3n) is 9.53. The summed E-state index contributed by atoms with van der Waals surface area (Å²) >= 11 is 0. The number of hydrogen-bond donors (Lipinski definition) is 0. The Morgan fingerprint density at radius 2 is 1.17 bits per heavy atom. The van der Waals surface area contributed by atoms with Crippen molar-refractivity contribution in [3.05, 3.63) is 129 Å². The maximum atomic E-state index is 2.47. The quantitative estimate of drug-likeness (QED) is 0.237. The largest absolute Gasteiger partial charge is 0.0613 e. The van der Waals surface area contributed by atoms with Crippen LogP contribution in [0.4, 0.5) is 0 Å². The van der Waals surface area contributed by atoms with Crippen molar-refractivity contribution < 1.29 is 0 Å². The Morgan fingerprint density at radius 3 is 1.71 bits per heavy atom. The van der Waals surface area contributed by atoms with Crippen molar-refractivity contribution in [2.45, 2.75) is 85.5 Å². The van der Waals surface area contributed by atoms with E-state index in [1.807, 2.05) is 0 Å². The van der Waals surface area contributed by atoms with Gasteiger partial charge in [-0.2, -0.15) is 0 Å². The highest BCUT2D eigenvalue weighted by molar-refractivity contribution is 5.95. The van der Waals surface area contributed by atoms with Crippen LogP contribution < -0.4 is 0 Å². The number of fused-ring (bicyclic) bond motifs is 2. The first kappa shape index (κ1) is 28.5. The van der Waals surface area contributed by atoms with E-state index < -0.39 is 0 Å². The normalized spacial score (nSPS) is 16.6. The minimum atomic E-state index is 0.146. The highest BCUT2D eigenvalue weighted by Gasteiger charge is 2.36. The van der Waals surface area contributed by atoms with Gasteiger partial charge in [0.1, 0.15) is 0 Å². The average Bonchev–Trinajstić information content (AvgIpc) is 3.49. The van der Waals surface area contributed by atoms with Gasteiger partial charge in [0.05, 0.1) is 0 Å². The Balaban J connectivity index is 1.49. The molecule has 42 heavy (non-hydrogen) atoms. The smallest absolute Gasteiger partial charge is 0.0311 e. The number of benzene rings is 4.